The summed E-state index contributed by atoms with van der Waals surface area (Å²) in [6.45, 7) is 0. The van der Waals surface area contributed by atoms with Crippen LogP contribution in [0.4, 0.5) is 18.3 Å². The molecular formula is C9H9F3N4O2S. The van der Waals surface area contributed by atoms with Gasteiger partial charge in [-0.3, -0.25) is 14.9 Å². The van der Waals surface area contributed by atoms with Gasteiger partial charge >= 0.3 is 6.18 Å². The van der Waals surface area contributed by atoms with Crippen molar-refractivity contribution >= 4 is 28.3 Å². The fraction of sp³-hybridized carbons (Fsp3) is 0.556. The van der Waals surface area contributed by atoms with Gasteiger partial charge in [0.25, 0.3) is 0 Å². The predicted molar refractivity (Wildman–Crippen MR) is 59.2 cm³/mol. The lowest BCUT2D eigenvalue weighted by atomic mass is 9.93. The maximum absolute atomic E-state index is 12.4. The van der Waals surface area contributed by atoms with E-state index in [1.54, 1.807) is 0 Å². The Morgan fingerprint density at radius 2 is 2.21 bits per heavy atom. The Morgan fingerprint density at radius 3 is 2.74 bits per heavy atom. The number of nitrogens with zero attached hydrogens (tertiary/aromatic N) is 2. The van der Waals surface area contributed by atoms with E-state index in [-0.39, 0.29) is 18.0 Å². The van der Waals surface area contributed by atoms with Crippen molar-refractivity contribution < 1.29 is 22.8 Å². The van der Waals surface area contributed by atoms with Crippen LogP contribution in [0.2, 0.25) is 0 Å². The molecule has 0 saturated carbocycles. The zero-order valence-electron chi connectivity index (χ0n) is 9.40. The third-order valence-corrected chi connectivity index (χ3v) is 3.29. The average Bonchev–Trinajstić information content (AvgIpc) is 2.80. The highest BCUT2D eigenvalue weighted by Gasteiger charge is 2.45. The molecule has 0 bridgehead atoms. The molecule has 1 aliphatic rings. The van der Waals surface area contributed by atoms with Gasteiger partial charge in [0.05, 0.1) is 0 Å². The van der Waals surface area contributed by atoms with Crippen LogP contribution in [0.1, 0.15) is 12.8 Å². The Labute approximate surface area is 109 Å². The Balaban J connectivity index is 1.96. The second kappa shape index (κ2) is 5.11. The van der Waals surface area contributed by atoms with Gasteiger partial charge in [-0.2, -0.15) is 13.2 Å². The van der Waals surface area contributed by atoms with Gasteiger partial charge in [-0.25, -0.2) is 0 Å². The van der Waals surface area contributed by atoms with Crippen LogP contribution in [0.5, 0.6) is 0 Å². The normalized spacial score (nSPS) is 23.8. The van der Waals surface area contributed by atoms with Crippen molar-refractivity contribution in [3.63, 3.8) is 0 Å². The van der Waals surface area contributed by atoms with E-state index >= 15 is 0 Å². The molecule has 2 atom stereocenters. The molecule has 0 radical (unpaired) electrons. The van der Waals surface area contributed by atoms with Crippen LogP contribution in [-0.4, -0.2) is 34.2 Å². The second-order valence-corrected chi connectivity index (χ2v) is 4.80. The molecule has 2 unspecified atom stereocenters. The zero-order valence-corrected chi connectivity index (χ0v) is 10.2. The van der Waals surface area contributed by atoms with Gasteiger partial charge in [0.2, 0.25) is 16.9 Å². The van der Waals surface area contributed by atoms with Crippen LogP contribution in [0.25, 0.3) is 0 Å². The van der Waals surface area contributed by atoms with Crippen LogP contribution in [0.3, 0.4) is 0 Å². The molecule has 0 aromatic carbocycles. The number of alkyl halides is 3. The highest BCUT2D eigenvalue weighted by atomic mass is 32.1. The molecule has 1 aliphatic heterocycles. The molecule has 0 aliphatic carbocycles. The van der Waals surface area contributed by atoms with E-state index in [1.807, 2.05) is 5.32 Å². The fourth-order valence-electron chi connectivity index (χ4n) is 1.72. The molecule has 1 aromatic rings. The van der Waals surface area contributed by atoms with E-state index in [4.69, 9.17) is 0 Å². The van der Waals surface area contributed by atoms with E-state index in [0.717, 1.165) is 11.3 Å². The van der Waals surface area contributed by atoms with E-state index < -0.39 is 30.0 Å². The minimum Gasteiger partial charge on any atom is -0.344 e. The van der Waals surface area contributed by atoms with Crippen molar-refractivity contribution in [1.82, 2.24) is 15.5 Å². The van der Waals surface area contributed by atoms with E-state index in [2.05, 4.69) is 15.5 Å². The van der Waals surface area contributed by atoms with Gasteiger partial charge in [-0.15, -0.1) is 10.2 Å². The Morgan fingerprint density at radius 1 is 1.47 bits per heavy atom. The summed E-state index contributed by atoms with van der Waals surface area (Å²) in [5.41, 5.74) is 1.39. The third kappa shape index (κ3) is 3.19. The number of halogens is 3. The van der Waals surface area contributed by atoms with Gasteiger partial charge in [-0.1, -0.05) is 11.3 Å². The third-order valence-electron chi connectivity index (χ3n) is 2.68. The summed E-state index contributed by atoms with van der Waals surface area (Å²) in [4.78, 5) is 23.2. The van der Waals surface area contributed by atoms with E-state index in [0.29, 0.717) is 0 Å². The standard InChI is InChI=1S/C9H9F3N4O2S/c10-9(11,12)5-2-1-4(6(17)14-5)7(18)15-8-16-13-3-19-8/h3-5H,1-2H2,(H,14,17)(H,15,16,18). The largest absolute Gasteiger partial charge is 0.408 e. The van der Waals surface area contributed by atoms with Crippen molar-refractivity contribution in [2.24, 2.45) is 5.92 Å². The summed E-state index contributed by atoms with van der Waals surface area (Å²) in [6, 6.07) is -1.88. The first-order valence-electron chi connectivity index (χ1n) is 5.32. The number of hydrogen-bond acceptors (Lipinski definition) is 5. The molecule has 2 N–H and O–H groups in total. The van der Waals surface area contributed by atoms with Crippen LogP contribution in [0, 0.1) is 5.92 Å². The van der Waals surface area contributed by atoms with E-state index in [9.17, 15) is 22.8 Å². The highest BCUT2D eigenvalue weighted by Crippen LogP contribution is 2.28. The number of aromatic nitrogens is 2. The number of carbonyl (C=O) groups excluding carboxylic acids is 2. The van der Waals surface area contributed by atoms with Crippen molar-refractivity contribution in [3.8, 4) is 0 Å². The predicted octanol–water partition coefficient (Wildman–Crippen LogP) is 0.934. The second-order valence-electron chi connectivity index (χ2n) is 3.97. The maximum Gasteiger partial charge on any atom is 0.408 e. The molecule has 2 amide bonds. The lowest BCUT2D eigenvalue weighted by Gasteiger charge is -2.29. The molecule has 1 fully saturated rings. The first kappa shape index (κ1) is 13.7. The number of carbonyl (C=O) groups is 2. The zero-order chi connectivity index (χ0) is 14.0. The smallest absolute Gasteiger partial charge is 0.344 e. The lowest BCUT2D eigenvalue weighted by molar-refractivity contribution is -0.170. The monoisotopic (exact) mass is 294 g/mol. The first-order valence-corrected chi connectivity index (χ1v) is 6.20. The summed E-state index contributed by atoms with van der Waals surface area (Å²) in [6.07, 6.45) is -4.96. The Kier molecular flexibility index (Phi) is 3.69. The van der Waals surface area contributed by atoms with Crippen LogP contribution in [-0.2, 0) is 9.59 Å². The average molecular weight is 294 g/mol. The van der Waals surface area contributed by atoms with Crippen molar-refractivity contribution in [1.29, 1.82) is 0 Å². The number of rotatable bonds is 2. The molecule has 6 nitrogen and oxygen atoms in total. The molecular weight excluding hydrogens is 285 g/mol. The lowest BCUT2D eigenvalue weighted by Crippen LogP contribution is -2.53. The molecule has 1 saturated heterocycles. The quantitative estimate of drug-likeness (QED) is 0.795. The van der Waals surface area contributed by atoms with Crippen molar-refractivity contribution in [3.05, 3.63) is 5.51 Å². The first-order chi connectivity index (χ1) is 8.88. The topological polar surface area (TPSA) is 84.0 Å². The van der Waals surface area contributed by atoms with Crippen molar-refractivity contribution in [2.75, 3.05) is 5.32 Å². The summed E-state index contributed by atoms with van der Waals surface area (Å²) >= 11 is 1.06. The summed E-state index contributed by atoms with van der Waals surface area (Å²) in [5.74, 6) is -2.73. The van der Waals surface area contributed by atoms with Crippen LogP contribution in [0.15, 0.2) is 5.51 Å². The summed E-state index contributed by atoms with van der Waals surface area (Å²) < 4.78 is 37.2. The van der Waals surface area contributed by atoms with E-state index in [1.165, 1.54) is 5.51 Å². The summed E-state index contributed by atoms with van der Waals surface area (Å²) in [5, 5.41) is 11.4. The van der Waals surface area contributed by atoms with Gasteiger partial charge in [0.15, 0.2) is 0 Å². The van der Waals surface area contributed by atoms with Crippen LogP contribution < -0.4 is 10.6 Å². The minimum absolute atomic E-state index is 0.152. The summed E-state index contributed by atoms with van der Waals surface area (Å²) in [7, 11) is 0. The number of nitrogens with one attached hydrogen (secondary N) is 2. The number of piperidine rings is 1. The molecule has 1 aromatic heterocycles. The van der Waals surface area contributed by atoms with Gasteiger partial charge in [0.1, 0.15) is 17.5 Å². The molecule has 19 heavy (non-hydrogen) atoms. The van der Waals surface area contributed by atoms with Crippen molar-refractivity contribution in [2.45, 2.75) is 25.1 Å². The SMILES string of the molecule is O=C(Nc1nncs1)C1CCC(C(F)(F)F)NC1=O. The Hall–Kier alpha value is -1.71. The highest BCUT2D eigenvalue weighted by molar-refractivity contribution is 7.13. The minimum atomic E-state index is -4.49. The number of hydrogen-bond donors (Lipinski definition) is 2. The fourth-order valence-corrected chi connectivity index (χ4v) is 2.17. The molecule has 104 valence electrons. The number of amides is 2. The maximum atomic E-state index is 12.4. The van der Waals surface area contributed by atoms with Gasteiger partial charge < -0.3 is 5.32 Å². The van der Waals surface area contributed by atoms with Gasteiger partial charge in [-0.05, 0) is 12.8 Å². The molecule has 2 heterocycles. The van der Waals surface area contributed by atoms with Gasteiger partial charge in [0, 0.05) is 0 Å². The number of anilines is 1. The molecule has 2 rings (SSSR count). The molecule has 0 spiro atoms. The molecule has 10 heteroatoms. The Bertz CT molecular complexity index is 476. The van der Waals surface area contributed by atoms with Crippen LogP contribution >= 0.6 is 11.3 Å².